The lowest BCUT2D eigenvalue weighted by molar-refractivity contribution is 0.245. The summed E-state index contributed by atoms with van der Waals surface area (Å²) in [5.74, 6) is 1.02. The van der Waals surface area contributed by atoms with Crippen LogP contribution in [0.15, 0.2) is 0 Å². The normalized spacial score (nSPS) is 22.4. The summed E-state index contributed by atoms with van der Waals surface area (Å²) in [7, 11) is 0. The molecule has 2 nitrogen and oxygen atoms in total. The van der Waals surface area contributed by atoms with E-state index < -0.39 is 0 Å². The number of thiazole rings is 1. The van der Waals surface area contributed by atoms with Crippen LogP contribution in [0.1, 0.15) is 28.4 Å². The molecule has 0 saturated heterocycles. The van der Waals surface area contributed by atoms with Crippen LogP contribution in [0, 0.1) is 12.8 Å². The minimum absolute atomic E-state index is 1.02. The van der Waals surface area contributed by atoms with Crippen LogP contribution in [0.4, 0.5) is 0 Å². The minimum Gasteiger partial charge on any atom is -0.298 e. The molecule has 2 aliphatic rings. The zero-order chi connectivity index (χ0) is 9.54. The van der Waals surface area contributed by atoms with E-state index in [1.165, 1.54) is 47.9 Å². The van der Waals surface area contributed by atoms with Gasteiger partial charge in [-0.05, 0) is 25.7 Å². The van der Waals surface area contributed by atoms with Crippen molar-refractivity contribution in [2.45, 2.75) is 32.7 Å². The van der Waals surface area contributed by atoms with Gasteiger partial charge in [0.2, 0.25) is 0 Å². The highest BCUT2D eigenvalue weighted by Crippen LogP contribution is 2.32. The van der Waals surface area contributed by atoms with Crippen molar-refractivity contribution >= 4 is 11.3 Å². The Balaban J connectivity index is 1.71. The van der Waals surface area contributed by atoms with Gasteiger partial charge in [0.1, 0.15) is 0 Å². The van der Waals surface area contributed by atoms with Gasteiger partial charge >= 0.3 is 0 Å². The van der Waals surface area contributed by atoms with Crippen LogP contribution in [-0.2, 0) is 13.0 Å². The third-order valence-electron chi connectivity index (χ3n) is 3.13. The third kappa shape index (κ3) is 1.71. The zero-order valence-electron chi connectivity index (χ0n) is 8.62. The molecule has 3 heteroatoms. The Kier molecular flexibility index (Phi) is 2.10. The number of hydrogen-bond donors (Lipinski definition) is 0. The average molecular weight is 208 g/mol. The van der Waals surface area contributed by atoms with Crippen LogP contribution in [-0.4, -0.2) is 23.0 Å². The second-order valence-corrected chi connectivity index (χ2v) is 5.82. The Morgan fingerprint density at radius 3 is 3.14 bits per heavy atom. The molecule has 0 aromatic carbocycles. The second kappa shape index (κ2) is 3.31. The molecule has 1 fully saturated rings. The molecule has 0 radical (unpaired) electrons. The second-order valence-electron chi connectivity index (χ2n) is 4.53. The maximum Gasteiger partial charge on any atom is 0.0900 e. The van der Waals surface area contributed by atoms with E-state index in [-0.39, 0.29) is 0 Å². The molecule has 1 aromatic heterocycles. The molecule has 14 heavy (non-hydrogen) atoms. The number of nitrogens with zero attached hydrogens (tertiary/aromatic N) is 2. The van der Waals surface area contributed by atoms with Crippen molar-refractivity contribution in [1.82, 2.24) is 9.88 Å². The van der Waals surface area contributed by atoms with Crippen LogP contribution in [0.5, 0.6) is 0 Å². The van der Waals surface area contributed by atoms with E-state index in [0.717, 1.165) is 12.5 Å². The van der Waals surface area contributed by atoms with E-state index in [1.54, 1.807) is 0 Å². The molecular formula is C11H16N2S. The molecule has 2 heterocycles. The lowest BCUT2D eigenvalue weighted by Crippen LogP contribution is -2.31. The summed E-state index contributed by atoms with van der Waals surface area (Å²) < 4.78 is 0. The predicted molar refractivity (Wildman–Crippen MR) is 58.6 cm³/mol. The van der Waals surface area contributed by atoms with E-state index in [2.05, 4.69) is 16.8 Å². The Morgan fingerprint density at radius 1 is 1.50 bits per heavy atom. The average Bonchev–Trinajstić information content (AvgIpc) is 2.86. The Labute approximate surface area is 89.0 Å². The third-order valence-corrected chi connectivity index (χ3v) is 4.13. The highest BCUT2D eigenvalue weighted by molar-refractivity contribution is 7.11. The molecule has 0 bridgehead atoms. The van der Waals surface area contributed by atoms with Gasteiger partial charge < -0.3 is 0 Å². The van der Waals surface area contributed by atoms with E-state index in [9.17, 15) is 0 Å². The monoisotopic (exact) mass is 208 g/mol. The van der Waals surface area contributed by atoms with Gasteiger partial charge in [-0.15, -0.1) is 11.3 Å². The summed E-state index contributed by atoms with van der Waals surface area (Å²) >= 11 is 1.89. The summed E-state index contributed by atoms with van der Waals surface area (Å²) in [5, 5.41) is 1.24. The molecule has 0 spiro atoms. The first-order valence-electron chi connectivity index (χ1n) is 5.49. The van der Waals surface area contributed by atoms with Crippen LogP contribution in [0.25, 0.3) is 0 Å². The van der Waals surface area contributed by atoms with E-state index >= 15 is 0 Å². The quantitative estimate of drug-likeness (QED) is 0.741. The van der Waals surface area contributed by atoms with Gasteiger partial charge in [0.05, 0.1) is 10.7 Å². The van der Waals surface area contributed by atoms with Crippen LogP contribution < -0.4 is 0 Å². The molecule has 1 aliphatic carbocycles. The van der Waals surface area contributed by atoms with Crippen molar-refractivity contribution in [3.63, 3.8) is 0 Å². The van der Waals surface area contributed by atoms with Gasteiger partial charge in [0, 0.05) is 30.9 Å². The molecule has 1 aromatic rings. The number of aromatic nitrogens is 1. The number of fused-ring (bicyclic) bond motifs is 1. The maximum absolute atomic E-state index is 4.57. The van der Waals surface area contributed by atoms with Crippen LogP contribution >= 0.6 is 11.3 Å². The minimum atomic E-state index is 1.02. The summed E-state index contributed by atoms with van der Waals surface area (Å²) in [6.45, 7) is 5.84. The molecule has 0 amide bonds. The summed E-state index contributed by atoms with van der Waals surface area (Å²) in [6, 6.07) is 0. The SMILES string of the molecule is Cc1nc2c(s1)CN(CC1CC1)CC2. The van der Waals surface area contributed by atoms with E-state index in [0.29, 0.717) is 0 Å². The molecule has 3 rings (SSSR count). The standard InChI is InChI=1S/C11H16N2S/c1-8-12-10-4-5-13(6-9-2-3-9)7-11(10)14-8/h9H,2-7H2,1H3. The van der Waals surface area contributed by atoms with Crippen molar-refractivity contribution in [2.75, 3.05) is 13.1 Å². The lowest BCUT2D eigenvalue weighted by atomic mass is 10.1. The van der Waals surface area contributed by atoms with Crippen molar-refractivity contribution in [2.24, 2.45) is 5.92 Å². The maximum atomic E-state index is 4.57. The fourth-order valence-electron chi connectivity index (χ4n) is 2.20. The van der Waals surface area contributed by atoms with Gasteiger partial charge in [0.15, 0.2) is 0 Å². The van der Waals surface area contributed by atoms with Crippen molar-refractivity contribution in [3.05, 3.63) is 15.6 Å². The molecular weight excluding hydrogens is 192 g/mol. The first kappa shape index (κ1) is 8.86. The fraction of sp³-hybridized carbons (Fsp3) is 0.727. The smallest absolute Gasteiger partial charge is 0.0900 e. The molecule has 0 unspecified atom stereocenters. The Bertz CT molecular complexity index is 341. The highest BCUT2D eigenvalue weighted by atomic mass is 32.1. The summed E-state index contributed by atoms with van der Waals surface area (Å²) in [4.78, 5) is 8.70. The highest BCUT2D eigenvalue weighted by Gasteiger charge is 2.27. The van der Waals surface area contributed by atoms with E-state index in [4.69, 9.17) is 0 Å². The van der Waals surface area contributed by atoms with Gasteiger partial charge in [-0.1, -0.05) is 0 Å². The van der Waals surface area contributed by atoms with Crippen molar-refractivity contribution in [1.29, 1.82) is 0 Å². The fourth-order valence-corrected chi connectivity index (χ4v) is 3.22. The summed E-state index contributed by atoms with van der Waals surface area (Å²) in [6.07, 6.45) is 4.10. The molecule has 76 valence electrons. The zero-order valence-corrected chi connectivity index (χ0v) is 9.44. The Hall–Kier alpha value is -0.410. The molecule has 0 N–H and O–H groups in total. The van der Waals surface area contributed by atoms with Crippen molar-refractivity contribution in [3.8, 4) is 0 Å². The lowest BCUT2D eigenvalue weighted by Gasteiger charge is -2.25. The van der Waals surface area contributed by atoms with Gasteiger partial charge in [-0.25, -0.2) is 4.98 Å². The van der Waals surface area contributed by atoms with Crippen molar-refractivity contribution < 1.29 is 0 Å². The largest absolute Gasteiger partial charge is 0.298 e. The molecule has 1 aliphatic heterocycles. The predicted octanol–water partition coefficient (Wildman–Crippen LogP) is 2.22. The van der Waals surface area contributed by atoms with Gasteiger partial charge in [0.25, 0.3) is 0 Å². The summed E-state index contributed by atoms with van der Waals surface area (Å²) in [5.41, 5.74) is 1.37. The first-order chi connectivity index (χ1) is 6.81. The van der Waals surface area contributed by atoms with Gasteiger partial charge in [-0.3, -0.25) is 4.90 Å². The first-order valence-corrected chi connectivity index (χ1v) is 6.30. The molecule has 0 atom stereocenters. The van der Waals surface area contributed by atoms with Gasteiger partial charge in [-0.2, -0.15) is 0 Å². The van der Waals surface area contributed by atoms with E-state index in [1.807, 2.05) is 11.3 Å². The number of rotatable bonds is 2. The van der Waals surface area contributed by atoms with Crippen LogP contribution in [0.2, 0.25) is 0 Å². The number of aryl methyl sites for hydroxylation is 1. The Morgan fingerprint density at radius 2 is 2.36 bits per heavy atom. The topological polar surface area (TPSA) is 16.1 Å². The van der Waals surface area contributed by atoms with Crippen LogP contribution in [0.3, 0.4) is 0 Å². The molecule has 1 saturated carbocycles. The number of hydrogen-bond acceptors (Lipinski definition) is 3.